The van der Waals surface area contributed by atoms with Gasteiger partial charge >= 0.3 is 13.8 Å². The van der Waals surface area contributed by atoms with Crippen LogP contribution in [0.15, 0.2) is 58.7 Å². The van der Waals surface area contributed by atoms with E-state index in [-0.39, 0.29) is 31.3 Å². The summed E-state index contributed by atoms with van der Waals surface area (Å²) in [5.41, 5.74) is 5.02. The van der Waals surface area contributed by atoms with E-state index in [2.05, 4.69) is 55.8 Å². The van der Waals surface area contributed by atoms with E-state index in [1.54, 1.807) is 6.92 Å². The van der Waals surface area contributed by atoms with E-state index in [0.717, 1.165) is 11.1 Å². The number of halogens is 1. The van der Waals surface area contributed by atoms with Crippen molar-refractivity contribution in [2.24, 2.45) is 5.41 Å². The number of hydrogen-bond donors (Lipinski definition) is 0. The number of ether oxygens (including phenoxy) is 1. The van der Waals surface area contributed by atoms with E-state index in [1.165, 1.54) is 36.5 Å². The molecule has 0 aromatic carbocycles. The third kappa shape index (κ3) is 12.8. The van der Waals surface area contributed by atoms with E-state index < -0.39 is 13.8 Å². The second-order valence-corrected chi connectivity index (χ2v) is 12.1. The van der Waals surface area contributed by atoms with Crippen LogP contribution in [0.5, 0.6) is 0 Å². The molecule has 0 N–H and O–H groups in total. The number of allylic oxidation sites excluding steroid dienone is 9. The Kier molecular flexibility index (Phi) is 15.1. The molecule has 1 aliphatic carbocycles. The van der Waals surface area contributed by atoms with Crippen molar-refractivity contribution in [1.82, 2.24) is 0 Å². The van der Waals surface area contributed by atoms with Crippen LogP contribution in [-0.2, 0) is 27.7 Å². The molecular formula is C28H44BrO6P. The maximum Gasteiger partial charge on any atom is 0.475 e. The van der Waals surface area contributed by atoms with Crippen molar-refractivity contribution < 1.29 is 27.7 Å². The number of alkyl halides is 1. The quantitative estimate of drug-likeness (QED) is 0.0479. The lowest BCUT2D eigenvalue weighted by Crippen LogP contribution is -2.19. The molecule has 204 valence electrons. The fraction of sp³-hybridized carbons (Fsp3) is 0.607. The normalized spacial score (nSPS) is 19.7. The first-order chi connectivity index (χ1) is 16.9. The summed E-state index contributed by atoms with van der Waals surface area (Å²) in [5, 5.41) is 0.498. The van der Waals surface area contributed by atoms with Gasteiger partial charge in [-0.2, -0.15) is 0 Å². The van der Waals surface area contributed by atoms with Crippen LogP contribution in [0.3, 0.4) is 0 Å². The van der Waals surface area contributed by atoms with E-state index in [9.17, 15) is 9.36 Å². The Hall–Kier alpha value is -1.24. The predicted molar refractivity (Wildman–Crippen MR) is 151 cm³/mol. The Balaban J connectivity index is 2.56. The van der Waals surface area contributed by atoms with Crippen LogP contribution in [0.25, 0.3) is 0 Å². The van der Waals surface area contributed by atoms with Crippen molar-refractivity contribution in [2.45, 2.75) is 80.3 Å². The van der Waals surface area contributed by atoms with Gasteiger partial charge in [-0.05, 0) is 69.9 Å². The predicted octanol–water partition coefficient (Wildman–Crippen LogP) is 8.41. The van der Waals surface area contributed by atoms with Crippen LogP contribution in [0, 0.1) is 5.41 Å². The Morgan fingerprint density at radius 2 is 1.83 bits per heavy atom. The van der Waals surface area contributed by atoms with Gasteiger partial charge < -0.3 is 4.74 Å². The summed E-state index contributed by atoms with van der Waals surface area (Å²) in [6.07, 6.45) is 15.6. The van der Waals surface area contributed by atoms with Crippen LogP contribution in [0.2, 0.25) is 0 Å². The summed E-state index contributed by atoms with van der Waals surface area (Å²) in [5.74, 6) is -0.498. The van der Waals surface area contributed by atoms with Crippen molar-refractivity contribution >= 4 is 29.7 Å². The zero-order valence-corrected chi connectivity index (χ0v) is 25.5. The van der Waals surface area contributed by atoms with Crippen molar-refractivity contribution in [1.29, 1.82) is 0 Å². The summed E-state index contributed by atoms with van der Waals surface area (Å²) in [4.78, 5) is 12.1. The van der Waals surface area contributed by atoms with Gasteiger partial charge in [0, 0.05) is 11.4 Å². The molecule has 0 aromatic heterocycles. The molecule has 0 heterocycles. The minimum Gasteiger partial charge on any atom is -0.460 e. The number of hydrogen-bond acceptors (Lipinski definition) is 6. The van der Waals surface area contributed by atoms with E-state index >= 15 is 0 Å². The molecule has 2 unspecified atom stereocenters. The molecule has 2 atom stereocenters. The maximum absolute atomic E-state index is 12.7. The molecule has 0 spiro atoms. The van der Waals surface area contributed by atoms with Gasteiger partial charge in [0.15, 0.2) is 0 Å². The first kappa shape index (κ1) is 32.8. The van der Waals surface area contributed by atoms with Gasteiger partial charge in [0.2, 0.25) is 0 Å². The van der Waals surface area contributed by atoms with Crippen molar-refractivity contribution in [3.63, 3.8) is 0 Å². The minimum atomic E-state index is -3.71. The molecule has 6 nitrogen and oxygen atoms in total. The zero-order chi connectivity index (χ0) is 27.2. The highest BCUT2D eigenvalue weighted by atomic mass is 79.9. The molecule has 0 bridgehead atoms. The van der Waals surface area contributed by atoms with Gasteiger partial charge in [-0.3, -0.25) is 13.6 Å². The van der Waals surface area contributed by atoms with Crippen molar-refractivity contribution in [3.05, 3.63) is 58.7 Å². The smallest absolute Gasteiger partial charge is 0.460 e. The summed E-state index contributed by atoms with van der Waals surface area (Å²) in [6.45, 7) is 14.5. The molecule has 0 fully saturated rings. The highest BCUT2D eigenvalue weighted by molar-refractivity contribution is 9.09. The highest BCUT2D eigenvalue weighted by Crippen LogP contribution is 2.50. The number of carbonyl (C=O) groups excluding carboxylic acids is 1. The molecule has 1 aliphatic rings. The number of rotatable bonds is 15. The van der Waals surface area contributed by atoms with Crippen molar-refractivity contribution in [3.8, 4) is 0 Å². The lowest BCUT2D eigenvalue weighted by atomic mass is 9.72. The SMILES string of the molecule is CCC(C)OP(=O)(OCCBr)OCCOC(=O)C=C(C)C=CC=C(C)C=CC1=C(C)CCCC1(C)C. The average Bonchev–Trinajstić information content (AvgIpc) is 2.79. The van der Waals surface area contributed by atoms with E-state index in [4.69, 9.17) is 18.3 Å². The minimum absolute atomic E-state index is 0.0622. The van der Waals surface area contributed by atoms with E-state index in [1.807, 2.05) is 32.1 Å². The first-order valence-electron chi connectivity index (χ1n) is 12.6. The molecule has 0 amide bonds. The first-order valence-corrected chi connectivity index (χ1v) is 15.2. The molecule has 0 saturated carbocycles. The molecule has 0 saturated heterocycles. The highest BCUT2D eigenvalue weighted by Gasteiger charge is 2.29. The second-order valence-electron chi connectivity index (χ2n) is 9.72. The second kappa shape index (κ2) is 16.6. The van der Waals surface area contributed by atoms with E-state index in [0.29, 0.717) is 11.8 Å². The van der Waals surface area contributed by atoms with Gasteiger partial charge in [0.1, 0.15) is 6.61 Å². The van der Waals surface area contributed by atoms with Crippen LogP contribution in [0.4, 0.5) is 0 Å². The van der Waals surface area contributed by atoms with Gasteiger partial charge in [-0.25, -0.2) is 9.36 Å². The Bertz CT molecular complexity index is 913. The fourth-order valence-corrected chi connectivity index (χ4v) is 5.55. The van der Waals surface area contributed by atoms with Crippen LogP contribution < -0.4 is 0 Å². The summed E-state index contributed by atoms with van der Waals surface area (Å²) >= 11 is 3.22. The fourth-order valence-electron chi connectivity index (χ4n) is 3.74. The summed E-state index contributed by atoms with van der Waals surface area (Å²) in [6, 6.07) is 0. The Morgan fingerprint density at radius 1 is 1.14 bits per heavy atom. The number of phosphoric acid groups is 1. The molecule has 36 heavy (non-hydrogen) atoms. The standard InChI is InChI=1S/C28H44BrO6P/c1-8-25(5)35-36(31,33-18-17-29)34-20-19-32-27(30)21-23(3)12-9-11-22(2)14-15-26-24(4)13-10-16-28(26,6)7/h9,11-12,14-15,21,25H,8,10,13,16-20H2,1-7H3. The maximum atomic E-state index is 12.7. The number of esters is 1. The largest absolute Gasteiger partial charge is 0.475 e. The third-order valence-corrected chi connectivity index (χ3v) is 7.85. The summed E-state index contributed by atoms with van der Waals surface area (Å²) < 4.78 is 33.8. The third-order valence-electron chi connectivity index (χ3n) is 5.91. The van der Waals surface area contributed by atoms with Gasteiger partial charge in [0.25, 0.3) is 0 Å². The molecule has 8 heteroatoms. The van der Waals surface area contributed by atoms with Crippen molar-refractivity contribution in [2.75, 3.05) is 25.2 Å². The van der Waals surface area contributed by atoms with Crippen LogP contribution >= 0.6 is 23.8 Å². The molecule has 0 aliphatic heterocycles. The summed E-state index contributed by atoms with van der Waals surface area (Å²) in [7, 11) is -3.71. The number of phosphoric ester groups is 1. The molecular weight excluding hydrogens is 543 g/mol. The lowest BCUT2D eigenvalue weighted by Gasteiger charge is -2.32. The molecule has 0 radical (unpaired) electrons. The van der Waals surface area contributed by atoms with Crippen LogP contribution in [-0.4, -0.2) is 37.2 Å². The van der Waals surface area contributed by atoms with Gasteiger partial charge in [0.05, 0.1) is 19.3 Å². The van der Waals surface area contributed by atoms with Crippen LogP contribution in [0.1, 0.15) is 74.1 Å². The Morgan fingerprint density at radius 3 is 2.47 bits per heavy atom. The topological polar surface area (TPSA) is 71.1 Å². The lowest BCUT2D eigenvalue weighted by molar-refractivity contribution is -0.138. The van der Waals surface area contributed by atoms with Gasteiger partial charge in [-0.1, -0.05) is 78.2 Å². The average molecular weight is 588 g/mol. The Labute approximate surface area is 226 Å². The zero-order valence-electron chi connectivity index (χ0n) is 23.0. The monoisotopic (exact) mass is 586 g/mol. The molecule has 0 aromatic rings. The number of carbonyl (C=O) groups is 1. The molecule has 1 rings (SSSR count). The van der Waals surface area contributed by atoms with Gasteiger partial charge in [-0.15, -0.1) is 0 Å².